The topological polar surface area (TPSA) is 66.5 Å². The van der Waals surface area contributed by atoms with Gasteiger partial charge in [0.05, 0.1) is 11.8 Å². The van der Waals surface area contributed by atoms with Crippen molar-refractivity contribution in [2.24, 2.45) is 23.7 Å². The minimum absolute atomic E-state index is 0.168. The number of hydrogen-bond acceptors (Lipinski definition) is 3. The Morgan fingerprint density at radius 3 is 2.08 bits per heavy atom. The number of hydrogen-bond donors (Lipinski definition) is 1. The van der Waals surface area contributed by atoms with Gasteiger partial charge in [-0.25, -0.2) is 0 Å². The molecular weight excluding hydrogens is 304 g/mol. The number of nitrogens with one attached hydrogen (secondary N) is 1. The van der Waals surface area contributed by atoms with E-state index in [2.05, 4.69) is 19.2 Å². The number of nitrogens with zero attached hydrogens (tertiary/aromatic N) is 1. The van der Waals surface area contributed by atoms with Crippen LogP contribution < -0.4 is 5.32 Å². The normalized spacial score (nSPS) is 24.7. The van der Waals surface area contributed by atoms with E-state index in [1.165, 1.54) is 4.90 Å². The van der Waals surface area contributed by atoms with Gasteiger partial charge in [-0.2, -0.15) is 0 Å². The molecule has 0 spiro atoms. The Labute approximate surface area is 144 Å². The van der Waals surface area contributed by atoms with Crippen molar-refractivity contribution in [2.45, 2.75) is 59.4 Å². The highest BCUT2D eigenvalue weighted by Crippen LogP contribution is 2.37. The Hall–Kier alpha value is -1.65. The van der Waals surface area contributed by atoms with E-state index < -0.39 is 6.04 Å². The Morgan fingerprint density at radius 2 is 1.62 bits per heavy atom. The number of carbonyl (C=O) groups is 3. The second-order valence-electron chi connectivity index (χ2n) is 7.82. The second kappa shape index (κ2) is 7.95. The Morgan fingerprint density at radius 1 is 1.08 bits per heavy atom. The van der Waals surface area contributed by atoms with E-state index in [1.807, 2.05) is 26.0 Å². The van der Waals surface area contributed by atoms with E-state index in [0.717, 1.165) is 6.42 Å². The first-order chi connectivity index (χ1) is 11.3. The maximum absolute atomic E-state index is 12.8. The number of allylic oxidation sites excluding steroid dienone is 2. The Balaban J connectivity index is 2.13. The quantitative estimate of drug-likeness (QED) is 0.575. The molecule has 2 aliphatic rings. The van der Waals surface area contributed by atoms with E-state index in [1.54, 1.807) is 0 Å². The first-order valence-electron chi connectivity index (χ1n) is 9.12. The number of fused-ring (bicyclic) bond motifs is 1. The summed E-state index contributed by atoms with van der Waals surface area (Å²) in [5, 5.41) is 2.92. The highest BCUT2D eigenvalue weighted by atomic mass is 16.2. The molecule has 1 N–H and O–H groups in total. The second-order valence-corrected chi connectivity index (χ2v) is 7.82. The van der Waals surface area contributed by atoms with Crippen LogP contribution in [0.4, 0.5) is 0 Å². The highest BCUT2D eigenvalue weighted by molar-refractivity contribution is 6.08. The summed E-state index contributed by atoms with van der Waals surface area (Å²) in [5.41, 5.74) is 0. The Bertz CT molecular complexity index is 499. The standard InChI is InChI=1S/C19H30N2O3/c1-12(2)9-10-20-17(22)16(11-13(3)4)21-18(23)14-7-5-6-8-15(14)19(21)24/h5-6,12-16H,7-11H2,1-4H3,(H,20,22). The van der Waals surface area contributed by atoms with Gasteiger partial charge in [-0.05, 0) is 37.5 Å². The van der Waals surface area contributed by atoms with Crippen molar-refractivity contribution < 1.29 is 14.4 Å². The summed E-state index contributed by atoms with van der Waals surface area (Å²) < 4.78 is 0. The number of imide groups is 1. The summed E-state index contributed by atoms with van der Waals surface area (Å²) in [7, 11) is 0. The zero-order valence-corrected chi connectivity index (χ0v) is 15.2. The smallest absolute Gasteiger partial charge is 0.243 e. The van der Waals surface area contributed by atoms with Gasteiger partial charge in [0.25, 0.3) is 0 Å². The number of carbonyl (C=O) groups excluding carboxylic acids is 3. The molecule has 1 saturated heterocycles. The van der Waals surface area contributed by atoms with Crippen LogP contribution in [0.3, 0.4) is 0 Å². The molecule has 0 aromatic carbocycles. The predicted molar refractivity (Wildman–Crippen MR) is 92.9 cm³/mol. The summed E-state index contributed by atoms with van der Waals surface area (Å²) in [5.74, 6) is -0.359. The van der Waals surface area contributed by atoms with E-state index in [4.69, 9.17) is 0 Å². The van der Waals surface area contributed by atoms with Crippen LogP contribution in [0.2, 0.25) is 0 Å². The van der Waals surface area contributed by atoms with Crippen molar-refractivity contribution in [1.29, 1.82) is 0 Å². The van der Waals surface area contributed by atoms with E-state index in [-0.39, 0.29) is 35.5 Å². The van der Waals surface area contributed by atoms with Crippen LogP contribution in [0.25, 0.3) is 0 Å². The molecule has 0 saturated carbocycles. The van der Waals surface area contributed by atoms with Crippen LogP contribution in [0.1, 0.15) is 53.4 Å². The van der Waals surface area contributed by atoms with Gasteiger partial charge in [0.2, 0.25) is 17.7 Å². The number of likely N-dealkylation sites (tertiary alicyclic amines) is 1. The molecule has 0 aromatic heterocycles. The lowest BCUT2D eigenvalue weighted by atomic mass is 9.85. The lowest BCUT2D eigenvalue weighted by Crippen LogP contribution is -2.50. The van der Waals surface area contributed by atoms with Gasteiger partial charge in [-0.1, -0.05) is 39.8 Å². The van der Waals surface area contributed by atoms with Crippen molar-refractivity contribution in [3.05, 3.63) is 12.2 Å². The molecular formula is C19H30N2O3. The molecule has 1 aliphatic carbocycles. The summed E-state index contributed by atoms with van der Waals surface area (Å²) in [6, 6.07) is -0.678. The van der Waals surface area contributed by atoms with Crippen LogP contribution in [-0.2, 0) is 14.4 Å². The minimum Gasteiger partial charge on any atom is -0.354 e. The lowest BCUT2D eigenvalue weighted by molar-refractivity contribution is -0.148. The van der Waals surface area contributed by atoms with Gasteiger partial charge in [0.1, 0.15) is 6.04 Å². The molecule has 1 fully saturated rings. The van der Waals surface area contributed by atoms with E-state index in [0.29, 0.717) is 31.7 Å². The lowest BCUT2D eigenvalue weighted by Gasteiger charge is -2.27. The average molecular weight is 334 g/mol. The molecule has 3 atom stereocenters. The van der Waals surface area contributed by atoms with Gasteiger partial charge < -0.3 is 5.32 Å². The molecule has 1 heterocycles. The van der Waals surface area contributed by atoms with Crippen molar-refractivity contribution in [2.75, 3.05) is 6.54 Å². The third-order valence-electron chi connectivity index (χ3n) is 4.87. The van der Waals surface area contributed by atoms with Crippen LogP contribution >= 0.6 is 0 Å². The molecule has 3 unspecified atom stereocenters. The molecule has 0 aromatic rings. The maximum Gasteiger partial charge on any atom is 0.243 e. The zero-order chi connectivity index (χ0) is 17.9. The molecule has 134 valence electrons. The predicted octanol–water partition coefficient (Wildman–Crippen LogP) is 2.51. The van der Waals surface area contributed by atoms with E-state index >= 15 is 0 Å². The third-order valence-corrected chi connectivity index (χ3v) is 4.87. The SMILES string of the molecule is CC(C)CCNC(=O)C(CC(C)C)N1C(=O)C2CC=CCC2C1=O. The van der Waals surface area contributed by atoms with Crippen LogP contribution in [0.15, 0.2) is 12.2 Å². The summed E-state index contributed by atoms with van der Waals surface area (Å²) in [6.07, 6.45) is 6.55. The summed E-state index contributed by atoms with van der Waals surface area (Å²) in [4.78, 5) is 39.4. The van der Waals surface area contributed by atoms with Crippen molar-refractivity contribution in [1.82, 2.24) is 10.2 Å². The fourth-order valence-electron chi connectivity index (χ4n) is 3.51. The molecule has 0 radical (unpaired) electrons. The third kappa shape index (κ3) is 4.05. The number of rotatable bonds is 7. The van der Waals surface area contributed by atoms with Gasteiger partial charge in [0, 0.05) is 6.54 Å². The van der Waals surface area contributed by atoms with Gasteiger partial charge >= 0.3 is 0 Å². The monoisotopic (exact) mass is 334 g/mol. The molecule has 5 nitrogen and oxygen atoms in total. The van der Waals surface area contributed by atoms with Crippen LogP contribution in [-0.4, -0.2) is 35.2 Å². The Kier molecular flexibility index (Phi) is 6.19. The van der Waals surface area contributed by atoms with Gasteiger partial charge in [0.15, 0.2) is 0 Å². The molecule has 0 bridgehead atoms. The van der Waals surface area contributed by atoms with Crippen molar-refractivity contribution in [3.8, 4) is 0 Å². The number of amides is 3. The minimum atomic E-state index is -0.678. The largest absolute Gasteiger partial charge is 0.354 e. The molecule has 3 amide bonds. The molecule has 5 heteroatoms. The zero-order valence-electron chi connectivity index (χ0n) is 15.2. The average Bonchev–Trinajstić information content (AvgIpc) is 2.76. The first kappa shape index (κ1) is 18.7. The van der Waals surface area contributed by atoms with Crippen molar-refractivity contribution in [3.63, 3.8) is 0 Å². The molecule has 1 aliphatic heterocycles. The first-order valence-corrected chi connectivity index (χ1v) is 9.12. The van der Waals surface area contributed by atoms with Crippen LogP contribution in [0.5, 0.6) is 0 Å². The van der Waals surface area contributed by atoms with Gasteiger partial charge in [-0.15, -0.1) is 0 Å². The fourth-order valence-corrected chi connectivity index (χ4v) is 3.51. The summed E-state index contributed by atoms with van der Waals surface area (Å²) in [6.45, 7) is 8.80. The highest BCUT2D eigenvalue weighted by Gasteiger charge is 2.51. The molecule has 24 heavy (non-hydrogen) atoms. The molecule has 2 rings (SSSR count). The van der Waals surface area contributed by atoms with Crippen molar-refractivity contribution >= 4 is 17.7 Å². The van der Waals surface area contributed by atoms with Crippen LogP contribution in [0, 0.1) is 23.7 Å². The van der Waals surface area contributed by atoms with Gasteiger partial charge in [-0.3, -0.25) is 19.3 Å². The van der Waals surface area contributed by atoms with E-state index in [9.17, 15) is 14.4 Å². The summed E-state index contributed by atoms with van der Waals surface area (Å²) >= 11 is 0. The fraction of sp³-hybridized carbons (Fsp3) is 0.737. The maximum atomic E-state index is 12.8.